The van der Waals surface area contributed by atoms with Crippen LogP contribution in [0.1, 0.15) is 26.3 Å². The van der Waals surface area contributed by atoms with Crippen LogP contribution in [0.25, 0.3) is 0 Å². The number of carbonyl (C=O) groups is 1. The van der Waals surface area contributed by atoms with Crippen molar-refractivity contribution < 1.29 is 13.2 Å². The third-order valence-electron chi connectivity index (χ3n) is 2.45. The van der Waals surface area contributed by atoms with Crippen LogP contribution in [0.5, 0.6) is 0 Å². The minimum atomic E-state index is -3.79. The molecule has 0 spiro atoms. The summed E-state index contributed by atoms with van der Waals surface area (Å²) >= 11 is 0. The lowest BCUT2D eigenvalue weighted by Gasteiger charge is -2.16. The van der Waals surface area contributed by atoms with Gasteiger partial charge in [-0.15, -0.1) is 0 Å². The fourth-order valence-corrected chi connectivity index (χ4v) is 2.68. The van der Waals surface area contributed by atoms with Gasteiger partial charge in [0.25, 0.3) is 0 Å². The van der Waals surface area contributed by atoms with E-state index >= 15 is 0 Å². The fourth-order valence-electron chi connectivity index (χ4n) is 1.47. The number of hydrogen-bond donors (Lipinski definition) is 2. The molecule has 1 amide bonds. The molecule has 0 aliphatic rings. The molecule has 1 aromatic carbocycles. The maximum absolute atomic E-state index is 12.1. The maximum Gasteiger partial charge on any atom is 0.241 e. The van der Waals surface area contributed by atoms with E-state index in [1.165, 1.54) is 31.2 Å². The first-order valence-electron chi connectivity index (χ1n) is 6.09. The van der Waals surface area contributed by atoms with Gasteiger partial charge in [0.05, 0.1) is 22.6 Å². The molecule has 6 nitrogen and oxygen atoms in total. The van der Waals surface area contributed by atoms with Crippen LogP contribution >= 0.6 is 0 Å². The molecule has 108 valence electrons. The molecule has 0 heterocycles. The highest BCUT2D eigenvalue weighted by atomic mass is 32.2. The van der Waals surface area contributed by atoms with Gasteiger partial charge in [-0.3, -0.25) is 4.79 Å². The molecule has 1 aromatic rings. The number of benzene rings is 1. The van der Waals surface area contributed by atoms with Crippen molar-refractivity contribution in [3.8, 4) is 6.07 Å². The van der Waals surface area contributed by atoms with Crippen LogP contribution in [-0.2, 0) is 14.8 Å². The highest BCUT2D eigenvalue weighted by Crippen LogP contribution is 2.10. The lowest BCUT2D eigenvalue weighted by atomic mass is 10.2. The summed E-state index contributed by atoms with van der Waals surface area (Å²) in [6.45, 7) is 5.05. The van der Waals surface area contributed by atoms with Crippen molar-refractivity contribution in [1.29, 1.82) is 5.26 Å². The number of nitrogens with zero attached hydrogens (tertiary/aromatic N) is 1. The molecular formula is C13H17N3O3S. The summed E-state index contributed by atoms with van der Waals surface area (Å²) in [5.41, 5.74) is 0.370. The Labute approximate surface area is 118 Å². The molecule has 0 saturated heterocycles. The van der Waals surface area contributed by atoms with Crippen LogP contribution < -0.4 is 10.0 Å². The first kappa shape index (κ1) is 16.1. The first-order valence-corrected chi connectivity index (χ1v) is 7.57. The summed E-state index contributed by atoms with van der Waals surface area (Å²) in [7, 11) is -3.79. The van der Waals surface area contributed by atoms with Crippen LogP contribution in [0.2, 0.25) is 0 Å². The number of nitriles is 1. The number of nitrogens with one attached hydrogen (secondary N) is 2. The van der Waals surface area contributed by atoms with Crippen molar-refractivity contribution in [3.63, 3.8) is 0 Å². The largest absolute Gasteiger partial charge is 0.353 e. The van der Waals surface area contributed by atoms with Crippen molar-refractivity contribution in [3.05, 3.63) is 29.8 Å². The molecule has 1 atom stereocenters. The molecule has 0 bridgehead atoms. The van der Waals surface area contributed by atoms with Crippen molar-refractivity contribution in [2.45, 2.75) is 37.8 Å². The molecule has 0 radical (unpaired) electrons. The highest BCUT2D eigenvalue weighted by Gasteiger charge is 2.22. The predicted molar refractivity (Wildman–Crippen MR) is 74.2 cm³/mol. The summed E-state index contributed by atoms with van der Waals surface area (Å²) in [4.78, 5) is 11.7. The van der Waals surface area contributed by atoms with Gasteiger partial charge in [-0.25, -0.2) is 8.42 Å². The summed E-state index contributed by atoms with van der Waals surface area (Å²) in [5.74, 6) is -0.391. The average Bonchev–Trinajstić information content (AvgIpc) is 2.37. The van der Waals surface area contributed by atoms with Gasteiger partial charge in [0.2, 0.25) is 15.9 Å². The van der Waals surface area contributed by atoms with Gasteiger partial charge in [-0.05, 0) is 45.0 Å². The lowest BCUT2D eigenvalue weighted by Crippen LogP contribution is -2.46. The minimum Gasteiger partial charge on any atom is -0.353 e. The Kier molecular flexibility index (Phi) is 5.25. The van der Waals surface area contributed by atoms with Crippen LogP contribution in [0.15, 0.2) is 29.2 Å². The highest BCUT2D eigenvalue weighted by molar-refractivity contribution is 7.89. The number of sulfonamides is 1. The molecule has 1 unspecified atom stereocenters. The van der Waals surface area contributed by atoms with Crippen LogP contribution in [-0.4, -0.2) is 26.4 Å². The predicted octanol–water partition coefficient (Wildman–Crippen LogP) is 0.750. The zero-order chi connectivity index (χ0) is 15.3. The van der Waals surface area contributed by atoms with Gasteiger partial charge in [-0.1, -0.05) is 0 Å². The molecular weight excluding hydrogens is 278 g/mol. The van der Waals surface area contributed by atoms with Crippen molar-refractivity contribution >= 4 is 15.9 Å². The smallest absolute Gasteiger partial charge is 0.241 e. The second kappa shape index (κ2) is 6.50. The Balaban J connectivity index is 2.84. The zero-order valence-corrected chi connectivity index (χ0v) is 12.4. The molecule has 0 fully saturated rings. The third-order valence-corrected chi connectivity index (χ3v) is 4.01. The van der Waals surface area contributed by atoms with Gasteiger partial charge >= 0.3 is 0 Å². The Morgan fingerprint density at radius 3 is 2.20 bits per heavy atom. The van der Waals surface area contributed by atoms with Gasteiger partial charge in [0.15, 0.2) is 0 Å². The molecule has 0 aliphatic heterocycles. The topological polar surface area (TPSA) is 99.1 Å². The Morgan fingerprint density at radius 2 is 1.75 bits per heavy atom. The van der Waals surface area contributed by atoms with Crippen LogP contribution in [0, 0.1) is 11.3 Å². The minimum absolute atomic E-state index is 0.0145. The van der Waals surface area contributed by atoms with Crippen molar-refractivity contribution in [2.75, 3.05) is 0 Å². The fraction of sp³-hybridized carbons (Fsp3) is 0.385. The number of amides is 1. The van der Waals surface area contributed by atoms with Crippen LogP contribution in [0.3, 0.4) is 0 Å². The van der Waals surface area contributed by atoms with E-state index in [4.69, 9.17) is 5.26 Å². The summed E-state index contributed by atoms with van der Waals surface area (Å²) in [6.07, 6.45) is 0. The van der Waals surface area contributed by atoms with Gasteiger partial charge in [-0.2, -0.15) is 9.98 Å². The second-order valence-corrected chi connectivity index (χ2v) is 6.36. The monoisotopic (exact) mass is 295 g/mol. The van der Waals surface area contributed by atoms with E-state index in [0.29, 0.717) is 5.56 Å². The number of hydrogen-bond acceptors (Lipinski definition) is 4. The summed E-state index contributed by atoms with van der Waals surface area (Å²) in [6, 6.07) is 6.44. The first-order chi connectivity index (χ1) is 9.26. The summed E-state index contributed by atoms with van der Waals surface area (Å²) < 4.78 is 26.4. The normalized spacial score (nSPS) is 12.8. The van der Waals surface area contributed by atoms with E-state index in [0.717, 1.165) is 0 Å². The van der Waals surface area contributed by atoms with Crippen LogP contribution in [0.4, 0.5) is 0 Å². The van der Waals surface area contributed by atoms with E-state index in [-0.39, 0.29) is 10.9 Å². The van der Waals surface area contributed by atoms with Crippen molar-refractivity contribution in [2.24, 2.45) is 0 Å². The molecule has 2 N–H and O–H groups in total. The van der Waals surface area contributed by atoms with E-state index in [9.17, 15) is 13.2 Å². The SMILES string of the molecule is CC(C)NC(=O)C(C)NS(=O)(=O)c1ccc(C#N)cc1. The van der Waals surface area contributed by atoms with E-state index in [2.05, 4.69) is 10.0 Å². The van der Waals surface area contributed by atoms with Gasteiger partial charge in [0.1, 0.15) is 0 Å². The van der Waals surface area contributed by atoms with E-state index in [1.54, 1.807) is 13.8 Å². The Hall–Kier alpha value is -1.91. The average molecular weight is 295 g/mol. The second-order valence-electron chi connectivity index (χ2n) is 4.64. The van der Waals surface area contributed by atoms with Crippen molar-refractivity contribution in [1.82, 2.24) is 10.0 Å². The van der Waals surface area contributed by atoms with Gasteiger partial charge in [0, 0.05) is 6.04 Å². The summed E-state index contributed by atoms with van der Waals surface area (Å²) in [5, 5.41) is 11.3. The van der Waals surface area contributed by atoms with Gasteiger partial charge < -0.3 is 5.32 Å². The maximum atomic E-state index is 12.1. The molecule has 20 heavy (non-hydrogen) atoms. The molecule has 0 aromatic heterocycles. The quantitative estimate of drug-likeness (QED) is 0.837. The molecule has 1 rings (SSSR count). The number of rotatable bonds is 5. The van der Waals surface area contributed by atoms with E-state index < -0.39 is 22.0 Å². The Morgan fingerprint density at radius 1 is 1.20 bits per heavy atom. The zero-order valence-electron chi connectivity index (χ0n) is 11.5. The third kappa shape index (κ3) is 4.33. The number of carbonyl (C=O) groups excluding carboxylic acids is 1. The Bertz CT molecular complexity index is 615. The standard InChI is InChI=1S/C13H17N3O3S/c1-9(2)15-13(17)10(3)16-20(18,19)12-6-4-11(8-14)5-7-12/h4-7,9-10,16H,1-3H3,(H,15,17). The molecule has 7 heteroatoms. The molecule has 0 saturated carbocycles. The van der Waals surface area contributed by atoms with E-state index in [1.807, 2.05) is 6.07 Å². The molecule has 0 aliphatic carbocycles. The lowest BCUT2D eigenvalue weighted by molar-refractivity contribution is -0.122.